The molecule has 19 heavy (non-hydrogen) atoms. The zero-order chi connectivity index (χ0) is 13.7. The van der Waals surface area contributed by atoms with Gasteiger partial charge in [-0.3, -0.25) is 10.1 Å². The fraction of sp³-hybridized carbons (Fsp3) is 0.286. The van der Waals surface area contributed by atoms with Gasteiger partial charge in [0.15, 0.2) is 5.11 Å². The molecule has 1 aliphatic rings. The summed E-state index contributed by atoms with van der Waals surface area (Å²) in [5.74, 6) is -0.225. The van der Waals surface area contributed by atoms with Crippen molar-refractivity contribution in [2.75, 3.05) is 13.1 Å². The lowest BCUT2D eigenvalue weighted by atomic mass is 10.2. The van der Waals surface area contributed by atoms with E-state index in [2.05, 4.69) is 5.32 Å². The number of hydrogen-bond acceptors (Lipinski definition) is 2. The molecule has 1 heterocycles. The lowest BCUT2D eigenvalue weighted by Crippen LogP contribution is -2.40. The Bertz CT molecular complexity index is 510. The normalized spacial score (nSPS) is 14.9. The van der Waals surface area contributed by atoms with Gasteiger partial charge in [-0.05, 0) is 42.8 Å². The summed E-state index contributed by atoms with van der Waals surface area (Å²) in [6.45, 7) is 1.85. The fourth-order valence-corrected chi connectivity index (χ4v) is 2.40. The molecule has 0 spiro atoms. The molecule has 3 nitrogen and oxygen atoms in total. The monoisotopic (exact) mass is 294 g/mol. The number of carbonyl (C=O) groups excluding carboxylic acids is 1. The minimum Gasteiger partial charge on any atom is -0.349 e. The second-order valence-electron chi connectivity index (χ2n) is 4.34. The highest BCUT2D eigenvalue weighted by Gasteiger charge is 2.15. The van der Waals surface area contributed by atoms with Crippen LogP contribution in [0.5, 0.6) is 0 Å². The molecule has 1 amide bonds. The van der Waals surface area contributed by atoms with E-state index in [9.17, 15) is 4.79 Å². The maximum absolute atomic E-state index is 11.7. The van der Waals surface area contributed by atoms with Crippen LogP contribution in [0.25, 0.3) is 6.08 Å². The molecule has 1 aromatic carbocycles. The number of hydrogen-bond donors (Lipinski definition) is 1. The number of likely N-dealkylation sites (tertiary alicyclic amines) is 1. The van der Waals surface area contributed by atoms with Crippen molar-refractivity contribution in [2.45, 2.75) is 12.8 Å². The molecular weight excluding hydrogens is 280 g/mol. The molecule has 1 aliphatic heterocycles. The number of nitrogens with one attached hydrogen (secondary N) is 1. The Kier molecular flexibility index (Phi) is 4.93. The largest absolute Gasteiger partial charge is 0.349 e. The zero-order valence-corrected chi connectivity index (χ0v) is 12.0. The molecule has 0 radical (unpaired) electrons. The second kappa shape index (κ2) is 6.68. The summed E-state index contributed by atoms with van der Waals surface area (Å²) < 4.78 is 0. The standard InChI is InChI=1S/C14H15ClN2OS/c15-12-6-2-1-5-11(12)7-8-13(18)16-14(19)17-9-3-4-10-17/h1-2,5-8H,3-4,9-10H2,(H,16,18,19). The van der Waals surface area contributed by atoms with Crippen molar-refractivity contribution < 1.29 is 4.79 Å². The minimum absolute atomic E-state index is 0.225. The van der Waals surface area contributed by atoms with Gasteiger partial charge in [0, 0.05) is 24.2 Å². The Morgan fingerprint density at radius 3 is 2.68 bits per heavy atom. The van der Waals surface area contributed by atoms with Gasteiger partial charge >= 0.3 is 0 Å². The highest BCUT2D eigenvalue weighted by atomic mass is 35.5. The zero-order valence-electron chi connectivity index (χ0n) is 10.4. The molecule has 1 N–H and O–H groups in total. The van der Waals surface area contributed by atoms with E-state index in [1.807, 2.05) is 23.1 Å². The van der Waals surface area contributed by atoms with Crippen LogP contribution < -0.4 is 5.32 Å². The average Bonchev–Trinajstić information content (AvgIpc) is 2.91. The van der Waals surface area contributed by atoms with Gasteiger partial charge in [0.2, 0.25) is 5.91 Å². The van der Waals surface area contributed by atoms with Gasteiger partial charge in [-0.25, -0.2) is 0 Å². The van der Waals surface area contributed by atoms with Crippen LogP contribution in [0.4, 0.5) is 0 Å². The van der Waals surface area contributed by atoms with Crippen molar-refractivity contribution in [1.29, 1.82) is 0 Å². The van der Waals surface area contributed by atoms with E-state index in [0.29, 0.717) is 10.1 Å². The predicted octanol–water partition coefficient (Wildman–Crippen LogP) is 2.85. The summed E-state index contributed by atoms with van der Waals surface area (Å²) in [5.41, 5.74) is 0.811. The molecule has 0 saturated carbocycles. The number of benzene rings is 1. The van der Waals surface area contributed by atoms with Crippen LogP contribution in [0.3, 0.4) is 0 Å². The summed E-state index contributed by atoms with van der Waals surface area (Å²) in [7, 11) is 0. The Morgan fingerprint density at radius 1 is 1.32 bits per heavy atom. The first-order valence-electron chi connectivity index (χ1n) is 6.19. The summed E-state index contributed by atoms with van der Waals surface area (Å²) in [6, 6.07) is 7.36. The van der Waals surface area contributed by atoms with Gasteiger partial charge in [-0.2, -0.15) is 0 Å². The van der Waals surface area contributed by atoms with Crippen LogP contribution in [0, 0.1) is 0 Å². The lowest BCUT2D eigenvalue weighted by molar-refractivity contribution is -0.115. The van der Waals surface area contributed by atoms with E-state index in [-0.39, 0.29) is 5.91 Å². The summed E-state index contributed by atoms with van der Waals surface area (Å²) in [6.07, 6.45) is 5.39. The molecule has 5 heteroatoms. The molecule has 0 aliphatic carbocycles. The molecule has 0 bridgehead atoms. The van der Waals surface area contributed by atoms with E-state index in [0.717, 1.165) is 31.5 Å². The van der Waals surface area contributed by atoms with Crippen molar-refractivity contribution in [2.24, 2.45) is 0 Å². The molecule has 0 unspecified atom stereocenters. The maximum atomic E-state index is 11.7. The van der Waals surface area contributed by atoms with Crippen molar-refractivity contribution >= 4 is 40.9 Å². The maximum Gasteiger partial charge on any atom is 0.250 e. The summed E-state index contributed by atoms with van der Waals surface area (Å²) in [4.78, 5) is 13.8. The number of amides is 1. The minimum atomic E-state index is -0.225. The van der Waals surface area contributed by atoms with Gasteiger partial charge < -0.3 is 4.90 Å². The summed E-state index contributed by atoms with van der Waals surface area (Å²) in [5, 5.41) is 3.83. The van der Waals surface area contributed by atoms with Crippen LogP contribution in [-0.4, -0.2) is 29.0 Å². The number of thiocarbonyl (C=S) groups is 1. The molecule has 0 aromatic heterocycles. The first-order chi connectivity index (χ1) is 9.16. The van der Waals surface area contributed by atoms with Crippen molar-refractivity contribution in [3.63, 3.8) is 0 Å². The van der Waals surface area contributed by atoms with Crippen LogP contribution >= 0.6 is 23.8 Å². The van der Waals surface area contributed by atoms with E-state index < -0.39 is 0 Å². The van der Waals surface area contributed by atoms with E-state index in [1.54, 1.807) is 12.1 Å². The van der Waals surface area contributed by atoms with Gasteiger partial charge in [0.25, 0.3) is 0 Å². The Morgan fingerprint density at radius 2 is 2.00 bits per heavy atom. The Hall–Kier alpha value is -1.39. The lowest BCUT2D eigenvalue weighted by Gasteiger charge is -2.17. The Labute approximate surface area is 123 Å². The van der Waals surface area contributed by atoms with Crippen molar-refractivity contribution in [3.05, 3.63) is 40.9 Å². The third kappa shape index (κ3) is 4.04. The molecule has 1 aromatic rings. The number of carbonyl (C=O) groups is 1. The average molecular weight is 295 g/mol. The molecule has 1 saturated heterocycles. The number of nitrogens with zero attached hydrogens (tertiary/aromatic N) is 1. The van der Waals surface area contributed by atoms with Gasteiger partial charge in [0.1, 0.15) is 0 Å². The molecule has 0 atom stereocenters. The molecule has 2 rings (SSSR count). The van der Waals surface area contributed by atoms with Crippen LogP contribution in [0.2, 0.25) is 5.02 Å². The molecule has 1 fully saturated rings. The van der Waals surface area contributed by atoms with E-state index in [4.69, 9.17) is 23.8 Å². The topological polar surface area (TPSA) is 32.3 Å². The fourth-order valence-electron chi connectivity index (χ4n) is 1.92. The van der Waals surface area contributed by atoms with Crippen molar-refractivity contribution in [3.8, 4) is 0 Å². The first kappa shape index (κ1) is 14.0. The second-order valence-corrected chi connectivity index (χ2v) is 5.14. The van der Waals surface area contributed by atoms with Crippen LogP contribution in [0.1, 0.15) is 18.4 Å². The highest BCUT2D eigenvalue weighted by Crippen LogP contribution is 2.16. The van der Waals surface area contributed by atoms with Crippen LogP contribution in [0.15, 0.2) is 30.3 Å². The smallest absolute Gasteiger partial charge is 0.250 e. The van der Waals surface area contributed by atoms with E-state index >= 15 is 0 Å². The third-order valence-corrected chi connectivity index (χ3v) is 3.65. The Balaban J connectivity index is 1.90. The SMILES string of the molecule is O=C(C=Cc1ccccc1Cl)NC(=S)N1CCCC1. The number of rotatable bonds is 2. The van der Waals surface area contributed by atoms with Gasteiger partial charge in [0.05, 0.1) is 0 Å². The van der Waals surface area contributed by atoms with Gasteiger partial charge in [-0.15, -0.1) is 0 Å². The highest BCUT2D eigenvalue weighted by molar-refractivity contribution is 7.80. The van der Waals surface area contributed by atoms with Crippen LogP contribution in [-0.2, 0) is 4.79 Å². The quantitative estimate of drug-likeness (QED) is 0.672. The molecule has 100 valence electrons. The van der Waals surface area contributed by atoms with Gasteiger partial charge in [-0.1, -0.05) is 29.8 Å². The first-order valence-corrected chi connectivity index (χ1v) is 6.98. The van der Waals surface area contributed by atoms with E-state index in [1.165, 1.54) is 6.08 Å². The predicted molar refractivity (Wildman–Crippen MR) is 82.0 cm³/mol. The third-order valence-electron chi connectivity index (χ3n) is 2.94. The molecular formula is C14H15ClN2OS. The number of halogens is 1. The van der Waals surface area contributed by atoms with Crippen molar-refractivity contribution in [1.82, 2.24) is 10.2 Å². The summed E-state index contributed by atoms with van der Waals surface area (Å²) >= 11 is 11.2.